The SMILES string of the molecule is CN1Cc2c(Cl)cc(Cl)cc2[C@H](c2cccc(-c3ccc(C(=O)O)nc3)c2)C1. The Hall–Kier alpha value is -2.40. The summed E-state index contributed by atoms with van der Waals surface area (Å²) in [6.45, 7) is 1.66. The molecule has 1 N–H and O–H groups in total. The third-order valence-corrected chi connectivity index (χ3v) is 5.65. The number of carboxylic acids is 1. The molecule has 0 amide bonds. The van der Waals surface area contributed by atoms with Crippen molar-refractivity contribution in [2.75, 3.05) is 13.6 Å². The molecular weight excluding hydrogens is 395 g/mol. The molecule has 1 aromatic heterocycles. The van der Waals surface area contributed by atoms with Crippen LogP contribution >= 0.6 is 23.2 Å². The van der Waals surface area contributed by atoms with Gasteiger partial charge in [-0.25, -0.2) is 9.78 Å². The standard InChI is InChI=1S/C22H18Cl2N2O2/c1-26-11-18(17-8-16(23)9-20(24)19(17)12-26)14-4-2-3-13(7-14)15-5-6-21(22(27)28)25-10-15/h2-10,18H,11-12H2,1H3,(H,27,28)/t18-/m0/s1. The molecule has 0 radical (unpaired) electrons. The van der Waals surface area contributed by atoms with Crippen molar-refractivity contribution in [1.29, 1.82) is 0 Å². The van der Waals surface area contributed by atoms with Crippen LogP contribution in [0.1, 0.15) is 33.1 Å². The highest BCUT2D eigenvalue weighted by atomic mass is 35.5. The monoisotopic (exact) mass is 412 g/mol. The molecule has 0 bridgehead atoms. The summed E-state index contributed by atoms with van der Waals surface area (Å²) in [7, 11) is 2.08. The number of likely N-dealkylation sites (N-methyl/N-ethyl adjacent to an activating group) is 1. The molecule has 1 atom stereocenters. The number of nitrogens with zero attached hydrogens (tertiary/aromatic N) is 2. The van der Waals surface area contributed by atoms with E-state index < -0.39 is 5.97 Å². The van der Waals surface area contributed by atoms with Crippen molar-refractivity contribution in [3.8, 4) is 11.1 Å². The van der Waals surface area contributed by atoms with Gasteiger partial charge in [0.15, 0.2) is 0 Å². The lowest BCUT2D eigenvalue weighted by atomic mass is 9.84. The number of carbonyl (C=O) groups is 1. The van der Waals surface area contributed by atoms with E-state index in [1.54, 1.807) is 18.3 Å². The number of carboxylic acid groups (broad SMARTS) is 1. The van der Waals surface area contributed by atoms with Crippen molar-refractivity contribution in [3.05, 3.63) is 87.2 Å². The van der Waals surface area contributed by atoms with E-state index in [0.717, 1.165) is 40.9 Å². The first-order valence-corrected chi connectivity index (χ1v) is 9.64. The smallest absolute Gasteiger partial charge is 0.354 e. The number of hydrogen-bond donors (Lipinski definition) is 1. The maximum Gasteiger partial charge on any atom is 0.354 e. The van der Waals surface area contributed by atoms with E-state index in [4.69, 9.17) is 28.3 Å². The van der Waals surface area contributed by atoms with Gasteiger partial charge in [0.25, 0.3) is 0 Å². The Morgan fingerprint density at radius 3 is 2.68 bits per heavy atom. The molecule has 0 fully saturated rings. The van der Waals surface area contributed by atoms with Crippen molar-refractivity contribution >= 4 is 29.2 Å². The van der Waals surface area contributed by atoms with E-state index >= 15 is 0 Å². The predicted molar refractivity (Wildman–Crippen MR) is 111 cm³/mol. The zero-order chi connectivity index (χ0) is 19.8. The van der Waals surface area contributed by atoms with Gasteiger partial charge in [0.2, 0.25) is 0 Å². The number of aromatic carboxylic acids is 1. The van der Waals surface area contributed by atoms with Crippen LogP contribution in [0.5, 0.6) is 0 Å². The molecule has 1 aliphatic heterocycles. The highest BCUT2D eigenvalue weighted by Gasteiger charge is 2.27. The normalized spacial score (nSPS) is 16.6. The second-order valence-corrected chi connectivity index (χ2v) is 7.91. The number of fused-ring (bicyclic) bond motifs is 1. The molecule has 0 aliphatic carbocycles. The Bertz CT molecular complexity index is 1050. The minimum Gasteiger partial charge on any atom is -0.477 e. The molecule has 2 aromatic carbocycles. The van der Waals surface area contributed by atoms with Gasteiger partial charge >= 0.3 is 5.97 Å². The third-order valence-electron chi connectivity index (χ3n) is 5.10. The highest BCUT2D eigenvalue weighted by Crippen LogP contribution is 2.39. The van der Waals surface area contributed by atoms with Gasteiger partial charge in [0.05, 0.1) is 0 Å². The van der Waals surface area contributed by atoms with Gasteiger partial charge in [-0.15, -0.1) is 0 Å². The van der Waals surface area contributed by atoms with Crippen LogP contribution in [0.25, 0.3) is 11.1 Å². The zero-order valence-electron chi connectivity index (χ0n) is 15.2. The molecule has 142 valence electrons. The van der Waals surface area contributed by atoms with Crippen LogP contribution in [0.4, 0.5) is 0 Å². The molecule has 0 unspecified atom stereocenters. The quantitative estimate of drug-likeness (QED) is 0.631. The second-order valence-electron chi connectivity index (χ2n) is 7.07. The summed E-state index contributed by atoms with van der Waals surface area (Å²) < 4.78 is 0. The van der Waals surface area contributed by atoms with Crippen LogP contribution in [0, 0.1) is 0 Å². The van der Waals surface area contributed by atoms with Crippen molar-refractivity contribution < 1.29 is 9.90 Å². The first-order chi connectivity index (χ1) is 13.4. The fourth-order valence-corrected chi connectivity index (χ4v) is 4.33. The highest BCUT2D eigenvalue weighted by molar-refractivity contribution is 6.35. The second kappa shape index (κ2) is 7.55. The lowest BCUT2D eigenvalue weighted by Gasteiger charge is -2.33. The summed E-state index contributed by atoms with van der Waals surface area (Å²) in [4.78, 5) is 17.3. The van der Waals surface area contributed by atoms with E-state index in [1.165, 1.54) is 6.07 Å². The summed E-state index contributed by atoms with van der Waals surface area (Å²) in [5.74, 6) is -0.882. The Labute approximate surface area is 173 Å². The average molecular weight is 413 g/mol. The van der Waals surface area contributed by atoms with Gasteiger partial charge in [-0.1, -0.05) is 53.5 Å². The molecule has 1 aliphatic rings. The molecule has 28 heavy (non-hydrogen) atoms. The molecular formula is C22H18Cl2N2O2. The van der Waals surface area contributed by atoms with Gasteiger partial charge in [-0.3, -0.25) is 0 Å². The average Bonchev–Trinajstić information content (AvgIpc) is 2.68. The predicted octanol–water partition coefficient (Wildman–Crippen LogP) is 5.33. The van der Waals surface area contributed by atoms with Crippen molar-refractivity contribution in [2.24, 2.45) is 0 Å². The van der Waals surface area contributed by atoms with Crippen LogP contribution in [0.15, 0.2) is 54.7 Å². The fourth-order valence-electron chi connectivity index (χ4n) is 3.76. The first-order valence-electron chi connectivity index (χ1n) is 8.88. The van der Waals surface area contributed by atoms with Gasteiger partial charge in [0, 0.05) is 40.8 Å². The summed E-state index contributed by atoms with van der Waals surface area (Å²) in [6, 6.07) is 15.3. The number of rotatable bonds is 3. The number of halogens is 2. The van der Waals surface area contributed by atoms with Crippen LogP contribution in [0.3, 0.4) is 0 Å². The molecule has 3 aromatic rings. The lowest BCUT2D eigenvalue weighted by Crippen LogP contribution is -2.31. The maximum absolute atomic E-state index is 11.0. The molecule has 0 spiro atoms. The molecule has 2 heterocycles. The van der Waals surface area contributed by atoms with E-state index in [9.17, 15) is 4.79 Å². The van der Waals surface area contributed by atoms with E-state index in [-0.39, 0.29) is 11.6 Å². The molecule has 0 saturated heterocycles. The summed E-state index contributed by atoms with van der Waals surface area (Å²) in [6.07, 6.45) is 1.59. The molecule has 4 rings (SSSR count). The van der Waals surface area contributed by atoms with Gasteiger partial charge in [-0.05, 0) is 47.5 Å². The van der Waals surface area contributed by atoms with Crippen molar-refractivity contribution in [1.82, 2.24) is 9.88 Å². The van der Waals surface area contributed by atoms with E-state index in [2.05, 4.69) is 29.1 Å². The topological polar surface area (TPSA) is 53.4 Å². The maximum atomic E-state index is 11.0. The Kier molecular flexibility index (Phi) is 5.11. The molecule has 0 saturated carbocycles. The largest absolute Gasteiger partial charge is 0.477 e. The summed E-state index contributed by atoms with van der Waals surface area (Å²) in [5.41, 5.74) is 5.33. The molecule has 4 nitrogen and oxygen atoms in total. The minimum absolute atomic E-state index is 0.0343. The van der Waals surface area contributed by atoms with E-state index in [0.29, 0.717) is 10.0 Å². The van der Waals surface area contributed by atoms with Crippen LogP contribution in [-0.2, 0) is 6.54 Å². The first kappa shape index (κ1) is 18.9. The number of hydrogen-bond acceptors (Lipinski definition) is 3. The van der Waals surface area contributed by atoms with Crippen molar-refractivity contribution in [3.63, 3.8) is 0 Å². The van der Waals surface area contributed by atoms with Gasteiger partial charge in [-0.2, -0.15) is 0 Å². The van der Waals surface area contributed by atoms with Crippen LogP contribution in [-0.4, -0.2) is 34.6 Å². The molecule has 6 heteroatoms. The Balaban J connectivity index is 1.75. The summed E-state index contributed by atoms with van der Waals surface area (Å²) in [5, 5.41) is 10.4. The van der Waals surface area contributed by atoms with Gasteiger partial charge in [0.1, 0.15) is 5.69 Å². The Morgan fingerprint density at radius 2 is 1.96 bits per heavy atom. The van der Waals surface area contributed by atoms with Crippen LogP contribution in [0.2, 0.25) is 10.0 Å². The fraction of sp³-hybridized carbons (Fsp3) is 0.182. The number of benzene rings is 2. The Morgan fingerprint density at radius 1 is 1.14 bits per heavy atom. The third kappa shape index (κ3) is 3.63. The van der Waals surface area contributed by atoms with E-state index in [1.807, 2.05) is 18.2 Å². The van der Waals surface area contributed by atoms with Gasteiger partial charge < -0.3 is 10.0 Å². The number of aromatic nitrogens is 1. The van der Waals surface area contributed by atoms with Crippen molar-refractivity contribution in [2.45, 2.75) is 12.5 Å². The minimum atomic E-state index is -1.03. The van der Waals surface area contributed by atoms with Crippen LogP contribution < -0.4 is 0 Å². The lowest BCUT2D eigenvalue weighted by molar-refractivity contribution is 0.0690. The zero-order valence-corrected chi connectivity index (χ0v) is 16.7. The number of pyridine rings is 1. The summed E-state index contributed by atoms with van der Waals surface area (Å²) >= 11 is 12.8.